The molecular weight excluding hydrogens is 234 g/mol. The van der Waals surface area contributed by atoms with Gasteiger partial charge in [0.05, 0.1) is 0 Å². The third-order valence-corrected chi connectivity index (χ3v) is 2.99. The van der Waals surface area contributed by atoms with Gasteiger partial charge in [0, 0.05) is 16.9 Å². The lowest BCUT2D eigenvalue weighted by molar-refractivity contribution is 0.112. The normalized spacial score (nSPS) is 10.0. The Morgan fingerprint density at radius 1 is 1.11 bits per heavy atom. The summed E-state index contributed by atoms with van der Waals surface area (Å²) >= 11 is 0. The van der Waals surface area contributed by atoms with Crippen LogP contribution in [0, 0.1) is 13.8 Å². The molecule has 19 heavy (non-hydrogen) atoms. The Labute approximate surface area is 113 Å². The number of carbonyl (C=O) groups excluding carboxylic acids is 1. The third-order valence-electron chi connectivity index (χ3n) is 2.99. The zero-order valence-corrected chi connectivity index (χ0v) is 11.2. The lowest BCUT2D eigenvalue weighted by atomic mass is 10.1. The van der Waals surface area contributed by atoms with Crippen LogP contribution in [0.2, 0.25) is 0 Å². The summed E-state index contributed by atoms with van der Waals surface area (Å²) in [5.41, 5.74) is 5.49. The quantitative estimate of drug-likeness (QED) is 0.825. The zero-order chi connectivity index (χ0) is 13.8. The number of carbonyl (C=O) groups is 1. The maximum Gasteiger partial charge on any atom is 0.152 e. The maximum atomic E-state index is 11.1. The Bertz CT molecular complexity index is 629. The molecule has 2 aromatic rings. The van der Waals surface area contributed by atoms with Crippen LogP contribution < -0.4 is 5.32 Å². The average Bonchev–Trinajstić information content (AvgIpc) is 2.40. The minimum Gasteiger partial charge on any atom is -0.355 e. The SMILES string of the molecule is C=C(Nc1ccc(C)cc1C=O)c1cccc(C)c1. The predicted octanol–water partition coefficient (Wildman–Crippen LogP) is 4.20. The van der Waals surface area contributed by atoms with E-state index < -0.39 is 0 Å². The van der Waals surface area contributed by atoms with E-state index in [1.165, 1.54) is 5.56 Å². The van der Waals surface area contributed by atoms with Gasteiger partial charge in [-0.3, -0.25) is 4.79 Å². The van der Waals surface area contributed by atoms with E-state index in [0.29, 0.717) is 5.56 Å². The first-order valence-electron chi connectivity index (χ1n) is 6.19. The van der Waals surface area contributed by atoms with Gasteiger partial charge >= 0.3 is 0 Å². The summed E-state index contributed by atoms with van der Waals surface area (Å²) in [6.45, 7) is 8.04. The first kappa shape index (κ1) is 13.1. The molecular formula is C17H17NO. The van der Waals surface area contributed by atoms with Gasteiger partial charge in [-0.2, -0.15) is 0 Å². The van der Waals surface area contributed by atoms with Crippen LogP contribution in [0.3, 0.4) is 0 Å². The predicted molar refractivity (Wildman–Crippen MR) is 80.4 cm³/mol. The summed E-state index contributed by atoms with van der Waals surface area (Å²) < 4.78 is 0. The Hall–Kier alpha value is -2.35. The van der Waals surface area contributed by atoms with Gasteiger partial charge < -0.3 is 5.32 Å². The van der Waals surface area contributed by atoms with E-state index in [1.54, 1.807) is 0 Å². The molecule has 2 rings (SSSR count). The van der Waals surface area contributed by atoms with E-state index in [2.05, 4.69) is 18.0 Å². The van der Waals surface area contributed by atoms with E-state index >= 15 is 0 Å². The molecule has 0 atom stereocenters. The van der Waals surface area contributed by atoms with Crippen molar-refractivity contribution < 1.29 is 4.79 Å². The van der Waals surface area contributed by atoms with Gasteiger partial charge in [-0.15, -0.1) is 0 Å². The van der Waals surface area contributed by atoms with Gasteiger partial charge in [-0.1, -0.05) is 42.0 Å². The van der Waals surface area contributed by atoms with E-state index in [9.17, 15) is 4.79 Å². The smallest absolute Gasteiger partial charge is 0.152 e. The van der Waals surface area contributed by atoms with Gasteiger partial charge in [-0.05, 0) is 37.6 Å². The highest BCUT2D eigenvalue weighted by Crippen LogP contribution is 2.21. The number of aryl methyl sites for hydroxylation is 2. The molecule has 1 N–H and O–H groups in total. The number of hydrogen-bond donors (Lipinski definition) is 1. The molecule has 0 saturated heterocycles. The second-order valence-corrected chi connectivity index (χ2v) is 4.68. The fourth-order valence-corrected chi connectivity index (χ4v) is 1.96. The molecule has 0 aliphatic carbocycles. The van der Waals surface area contributed by atoms with E-state index in [-0.39, 0.29) is 0 Å². The molecule has 0 saturated carbocycles. The molecule has 0 radical (unpaired) electrons. The van der Waals surface area contributed by atoms with Gasteiger partial charge in [0.15, 0.2) is 6.29 Å². The number of nitrogens with one attached hydrogen (secondary N) is 1. The first-order chi connectivity index (χ1) is 9.10. The van der Waals surface area contributed by atoms with Crippen molar-refractivity contribution in [3.05, 3.63) is 71.3 Å². The fourth-order valence-electron chi connectivity index (χ4n) is 1.96. The van der Waals surface area contributed by atoms with Crippen molar-refractivity contribution in [1.82, 2.24) is 0 Å². The lowest BCUT2D eigenvalue weighted by Crippen LogP contribution is -2.01. The van der Waals surface area contributed by atoms with E-state index in [4.69, 9.17) is 0 Å². The highest BCUT2D eigenvalue weighted by Gasteiger charge is 2.04. The van der Waals surface area contributed by atoms with Gasteiger partial charge in [0.25, 0.3) is 0 Å². The summed E-state index contributed by atoms with van der Waals surface area (Å²) in [6, 6.07) is 13.8. The van der Waals surface area contributed by atoms with E-state index in [0.717, 1.165) is 28.8 Å². The summed E-state index contributed by atoms with van der Waals surface area (Å²) in [4.78, 5) is 11.1. The van der Waals surface area contributed by atoms with Gasteiger partial charge in [0.1, 0.15) is 0 Å². The Morgan fingerprint density at radius 3 is 2.53 bits per heavy atom. The molecule has 0 fully saturated rings. The molecule has 96 valence electrons. The molecule has 0 aromatic heterocycles. The minimum absolute atomic E-state index is 0.647. The van der Waals surface area contributed by atoms with Crippen LogP contribution in [-0.4, -0.2) is 6.29 Å². The number of anilines is 1. The van der Waals surface area contributed by atoms with Crippen molar-refractivity contribution in [2.45, 2.75) is 13.8 Å². The van der Waals surface area contributed by atoms with Crippen molar-refractivity contribution in [3.63, 3.8) is 0 Å². The number of rotatable bonds is 4. The maximum absolute atomic E-state index is 11.1. The van der Waals surface area contributed by atoms with Crippen LogP contribution in [0.1, 0.15) is 27.0 Å². The molecule has 0 aliphatic heterocycles. The van der Waals surface area contributed by atoms with Crippen molar-refractivity contribution in [1.29, 1.82) is 0 Å². The van der Waals surface area contributed by atoms with Crippen molar-refractivity contribution in [3.8, 4) is 0 Å². The molecule has 0 spiro atoms. The second-order valence-electron chi connectivity index (χ2n) is 4.68. The summed E-state index contributed by atoms with van der Waals surface area (Å²) in [7, 11) is 0. The summed E-state index contributed by atoms with van der Waals surface area (Å²) in [5, 5.41) is 3.21. The van der Waals surface area contributed by atoms with Gasteiger partial charge in [-0.25, -0.2) is 0 Å². The fraction of sp³-hybridized carbons (Fsp3) is 0.118. The van der Waals surface area contributed by atoms with Crippen LogP contribution in [0.4, 0.5) is 5.69 Å². The molecule has 0 heterocycles. The van der Waals surface area contributed by atoms with Crippen LogP contribution in [0.5, 0.6) is 0 Å². The zero-order valence-electron chi connectivity index (χ0n) is 11.2. The van der Waals surface area contributed by atoms with Crippen LogP contribution >= 0.6 is 0 Å². The monoisotopic (exact) mass is 251 g/mol. The molecule has 0 aliphatic rings. The second kappa shape index (κ2) is 5.53. The van der Waals surface area contributed by atoms with Crippen LogP contribution in [-0.2, 0) is 0 Å². The summed E-state index contributed by atoms with van der Waals surface area (Å²) in [6.07, 6.45) is 0.860. The largest absolute Gasteiger partial charge is 0.355 e. The highest BCUT2D eigenvalue weighted by molar-refractivity contribution is 5.88. The molecule has 0 amide bonds. The highest BCUT2D eigenvalue weighted by atomic mass is 16.1. The average molecular weight is 251 g/mol. The number of aldehydes is 1. The van der Waals surface area contributed by atoms with Crippen LogP contribution in [0.15, 0.2) is 49.0 Å². The summed E-state index contributed by atoms with van der Waals surface area (Å²) in [5.74, 6) is 0. The molecule has 2 heteroatoms. The number of hydrogen-bond acceptors (Lipinski definition) is 2. The molecule has 0 bridgehead atoms. The standard InChI is InChI=1S/C17H17NO/c1-12-5-4-6-15(9-12)14(3)18-17-8-7-13(2)10-16(17)11-19/h4-11,18H,3H2,1-2H3. The van der Waals surface area contributed by atoms with Crippen LogP contribution in [0.25, 0.3) is 5.70 Å². The van der Waals surface area contributed by atoms with Gasteiger partial charge in [0.2, 0.25) is 0 Å². The van der Waals surface area contributed by atoms with E-state index in [1.807, 2.05) is 50.2 Å². The Balaban J connectivity index is 2.26. The molecule has 2 nitrogen and oxygen atoms in total. The third kappa shape index (κ3) is 3.10. The minimum atomic E-state index is 0.647. The Kier molecular flexibility index (Phi) is 3.81. The Morgan fingerprint density at radius 2 is 1.84 bits per heavy atom. The van der Waals surface area contributed by atoms with Crippen molar-refractivity contribution in [2.75, 3.05) is 5.32 Å². The van der Waals surface area contributed by atoms with Crippen molar-refractivity contribution in [2.24, 2.45) is 0 Å². The lowest BCUT2D eigenvalue weighted by Gasteiger charge is -2.12. The molecule has 2 aromatic carbocycles. The first-order valence-corrected chi connectivity index (χ1v) is 6.19. The topological polar surface area (TPSA) is 29.1 Å². The number of benzene rings is 2. The van der Waals surface area contributed by atoms with Crippen molar-refractivity contribution >= 4 is 17.7 Å². The molecule has 0 unspecified atom stereocenters.